The molecule has 0 aliphatic carbocycles. The van der Waals surface area contributed by atoms with Gasteiger partial charge in [0.2, 0.25) is 0 Å². The van der Waals surface area contributed by atoms with E-state index in [4.69, 9.17) is 11.2 Å². The lowest BCUT2D eigenvalue weighted by atomic mass is 9.85. The first kappa shape index (κ1) is 14.6. The Bertz CT molecular complexity index is 418. The van der Waals surface area contributed by atoms with Crippen LogP contribution in [0.1, 0.15) is 51.7 Å². The molecule has 0 atom stereocenters. The fraction of sp³-hybridized carbons (Fsp3) is 0.529. The van der Waals surface area contributed by atoms with E-state index in [-0.39, 0.29) is 5.41 Å². The van der Waals surface area contributed by atoms with Crippen molar-refractivity contribution in [2.75, 3.05) is 6.61 Å². The first-order valence-corrected chi connectivity index (χ1v) is 6.68. The second kappa shape index (κ2) is 6.50. The van der Waals surface area contributed by atoms with Crippen LogP contribution in [0.5, 0.6) is 5.75 Å². The second-order valence-corrected chi connectivity index (χ2v) is 5.63. The van der Waals surface area contributed by atoms with Crippen molar-refractivity contribution < 1.29 is 4.74 Å². The Labute approximate surface area is 112 Å². The third-order valence-electron chi connectivity index (χ3n) is 2.87. The molecule has 0 aliphatic rings. The van der Waals surface area contributed by atoms with Gasteiger partial charge in [0.25, 0.3) is 0 Å². The maximum absolute atomic E-state index is 5.83. The smallest absolute Gasteiger partial charge is 0.123 e. The van der Waals surface area contributed by atoms with E-state index in [2.05, 4.69) is 51.8 Å². The van der Waals surface area contributed by atoms with Gasteiger partial charge in [-0.2, -0.15) is 0 Å². The van der Waals surface area contributed by atoms with E-state index >= 15 is 0 Å². The van der Waals surface area contributed by atoms with E-state index in [1.54, 1.807) is 0 Å². The average molecular weight is 244 g/mol. The molecular weight excluding hydrogens is 220 g/mol. The van der Waals surface area contributed by atoms with Gasteiger partial charge in [-0.1, -0.05) is 39.8 Å². The summed E-state index contributed by atoms with van der Waals surface area (Å²) in [5.41, 5.74) is 2.65. The van der Waals surface area contributed by atoms with E-state index in [0.717, 1.165) is 31.6 Å². The Morgan fingerprint density at radius 2 is 2.00 bits per heavy atom. The molecule has 0 aromatic heterocycles. The quantitative estimate of drug-likeness (QED) is 0.700. The van der Waals surface area contributed by atoms with Crippen LogP contribution in [-0.2, 0) is 11.8 Å². The molecule has 0 fully saturated rings. The monoisotopic (exact) mass is 244 g/mol. The van der Waals surface area contributed by atoms with Gasteiger partial charge in [0.05, 0.1) is 6.61 Å². The highest BCUT2D eigenvalue weighted by atomic mass is 16.5. The van der Waals surface area contributed by atoms with Gasteiger partial charge in [-0.25, -0.2) is 0 Å². The molecule has 1 heteroatoms. The van der Waals surface area contributed by atoms with Crippen molar-refractivity contribution in [2.24, 2.45) is 0 Å². The maximum atomic E-state index is 5.83. The van der Waals surface area contributed by atoms with Crippen LogP contribution in [0.3, 0.4) is 0 Å². The molecule has 0 bridgehead atoms. The molecule has 1 aromatic rings. The minimum Gasteiger partial charge on any atom is -0.493 e. The summed E-state index contributed by atoms with van der Waals surface area (Å²) in [6, 6.07) is 6.45. The molecule has 18 heavy (non-hydrogen) atoms. The third kappa shape index (κ3) is 4.11. The fourth-order valence-electron chi connectivity index (χ4n) is 1.87. The SMILES string of the molecule is C#CCCc1ccc(OCCC)c(C(C)(C)C)c1. The molecule has 1 aromatic carbocycles. The van der Waals surface area contributed by atoms with E-state index in [1.807, 2.05) is 0 Å². The van der Waals surface area contributed by atoms with Crippen molar-refractivity contribution >= 4 is 0 Å². The molecule has 1 nitrogen and oxygen atoms in total. The van der Waals surface area contributed by atoms with Crippen LogP contribution in [0, 0.1) is 12.3 Å². The van der Waals surface area contributed by atoms with Crippen LogP contribution in [0.25, 0.3) is 0 Å². The topological polar surface area (TPSA) is 9.23 Å². The number of aryl methyl sites for hydroxylation is 1. The first-order chi connectivity index (χ1) is 8.49. The summed E-state index contributed by atoms with van der Waals surface area (Å²) >= 11 is 0. The van der Waals surface area contributed by atoms with Crippen LogP contribution in [-0.4, -0.2) is 6.61 Å². The maximum Gasteiger partial charge on any atom is 0.123 e. The number of rotatable bonds is 5. The van der Waals surface area contributed by atoms with Gasteiger partial charge in [0.1, 0.15) is 5.75 Å². The zero-order valence-corrected chi connectivity index (χ0v) is 12.0. The van der Waals surface area contributed by atoms with E-state index in [9.17, 15) is 0 Å². The molecule has 0 aliphatic heterocycles. The molecule has 0 heterocycles. The molecule has 1 rings (SSSR count). The highest BCUT2D eigenvalue weighted by Crippen LogP contribution is 2.32. The largest absolute Gasteiger partial charge is 0.493 e. The highest BCUT2D eigenvalue weighted by molar-refractivity contribution is 5.41. The van der Waals surface area contributed by atoms with Crippen molar-refractivity contribution in [3.8, 4) is 18.1 Å². The Balaban J connectivity index is 3.01. The van der Waals surface area contributed by atoms with E-state index in [1.165, 1.54) is 11.1 Å². The first-order valence-electron chi connectivity index (χ1n) is 6.68. The summed E-state index contributed by atoms with van der Waals surface area (Å²) in [6.45, 7) is 9.54. The van der Waals surface area contributed by atoms with Crippen molar-refractivity contribution in [1.82, 2.24) is 0 Å². The molecule has 0 saturated carbocycles. The van der Waals surface area contributed by atoms with E-state index < -0.39 is 0 Å². The molecule has 0 unspecified atom stereocenters. The highest BCUT2D eigenvalue weighted by Gasteiger charge is 2.19. The van der Waals surface area contributed by atoms with E-state index in [0.29, 0.717) is 0 Å². The molecule has 0 radical (unpaired) electrons. The van der Waals surface area contributed by atoms with Gasteiger partial charge < -0.3 is 4.74 Å². The normalized spacial score (nSPS) is 11.1. The molecule has 0 saturated heterocycles. The summed E-state index contributed by atoms with van der Waals surface area (Å²) in [5.74, 6) is 3.70. The number of ether oxygens (including phenoxy) is 1. The van der Waals surface area contributed by atoms with Crippen molar-refractivity contribution in [3.63, 3.8) is 0 Å². The van der Waals surface area contributed by atoms with Gasteiger partial charge >= 0.3 is 0 Å². The van der Waals surface area contributed by atoms with Crippen molar-refractivity contribution in [1.29, 1.82) is 0 Å². The predicted molar refractivity (Wildman–Crippen MR) is 78.1 cm³/mol. The molecule has 0 amide bonds. The van der Waals surface area contributed by atoms with Gasteiger partial charge in [-0.05, 0) is 35.4 Å². The summed E-state index contributed by atoms with van der Waals surface area (Å²) in [7, 11) is 0. The van der Waals surface area contributed by atoms with Crippen molar-refractivity contribution in [2.45, 2.75) is 52.4 Å². The van der Waals surface area contributed by atoms with Gasteiger partial charge in [-0.3, -0.25) is 0 Å². The standard InChI is InChI=1S/C17H24O/c1-6-8-9-14-10-11-16(18-12-7-2)15(13-14)17(3,4)5/h1,10-11,13H,7-9,12H2,2-5H3. The number of hydrogen-bond donors (Lipinski definition) is 0. The average Bonchev–Trinajstić information content (AvgIpc) is 2.33. The Kier molecular flexibility index (Phi) is 5.28. The van der Waals surface area contributed by atoms with Gasteiger partial charge in [0.15, 0.2) is 0 Å². The van der Waals surface area contributed by atoms with Gasteiger partial charge in [0, 0.05) is 6.42 Å². The predicted octanol–water partition coefficient (Wildman–Crippen LogP) is 4.34. The molecule has 0 spiro atoms. The van der Waals surface area contributed by atoms with Crippen LogP contribution >= 0.6 is 0 Å². The number of terminal acetylenes is 1. The second-order valence-electron chi connectivity index (χ2n) is 5.63. The molecule has 0 N–H and O–H groups in total. The van der Waals surface area contributed by atoms with Crippen LogP contribution in [0.2, 0.25) is 0 Å². The Morgan fingerprint density at radius 3 is 2.56 bits per heavy atom. The summed E-state index contributed by atoms with van der Waals surface area (Å²) < 4.78 is 5.83. The molecular formula is C17H24O. The third-order valence-corrected chi connectivity index (χ3v) is 2.87. The number of hydrogen-bond acceptors (Lipinski definition) is 1. The lowest BCUT2D eigenvalue weighted by molar-refractivity contribution is 0.308. The fourth-order valence-corrected chi connectivity index (χ4v) is 1.87. The minimum absolute atomic E-state index is 0.0925. The lowest BCUT2D eigenvalue weighted by Gasteiger charge is -2.23. The Hall–Kier alpha value is -1.42. The van der Waals surface area contributed by atoms with Crippen molar-refractivity contribution in [3.05, 3.63) is 29.3 Å². The van der Waals surface area contributed by atoms with Gasteiger partial charge in [-0.15, -0.1) is 12.3 Å². The molecule has 98 valence electrons. The Morgan fingerprint density at radius 1 is 1.28 bits per heavy atom. The zero-order valence-electron chi connectivity index (χ0n) is 12.0. The minimum atomic E-state index is 0.0925. The number of benzene rings is 1. The lowest BCUT2D eigenvalue weighted by Crippen LogP contribution is -2.14. The van der Waals surface area contributed by atoms with Crippen LogP contribution in [0.4, 0.5) is 0 Å². The zero-order chi connectivity index (χ0) is 13.6. The summed E-state index contributed by atoms with van der Waals surface area (Å²) in [4.78, 5) is 0. The summed E-state index contributed by atoms with van der Waals surface area (Å²) in [5, 5.41) is 0. The van der Waals surface area contributed by atoms with Crippen LogP contribution < -0.4 is 4.74 Å². The summed E-state index contributed by atoms with van der Waals surface area (Å²) in [6.07, 6.45) is 8.08. The van der Waals surface area contributed by atoms with Crippen LogP contribution in [0.15, 0.2) is 18.2 Å².